The van der Waals surface area contributed by atoms with Gasteiger partial charge in [-0.05, 0) is 52.3 Å². The largest absolute Gasteiger partial charge is 0.496 e. The summed E-state index contributed by atoms with van der Waals surface area (Å²) in [6, 6.07) is 11.2. The molecule has 0 radical (unpaired) electrons. The summed E-state index contributed by atoms with van der Waals surface area (Å²) in [4.78, 5) is 11.8. The Labute approximate surface area is 130 Å². The van der Waals surface area contributed by atoms with Crippen molar-refractivity contribution in [3.63, 3.8) is 0 Å². The van der Waals surface area contributed by atoms with Gasteiger partial charge < -0.3 is 15.4 Å². The molecular formula is C15H14BrFN2O2. The van der Waals surface area contributed by atoms with Gasteiger partial charge in [0.15, 0.2) is 0 Å². The third kappa shape index (κ3) is 4.46. The Morgan fingerprint density at radius 3 is 2.71 bits per heavy atom. The summed E-state index contributed by atoms with van der Waals surface area (Å²) in [5, 5.41) is 5.59. The zero-order chi connectivity index (χ0) is 15.2. The number of carbonyl (C=O) groups is 1. The Bertz CT molecular complexity index is 649. The number of rotatable bonds is 5. The van der Waals surface area contributed by atoms with Crippen molar-refractivity contribution < 1.29 is 13.9 Å². The molecule has 0 bridgehead atoms. The number of hydrogen-bond acceptors (Lipinski definition) is 3. The molecule has 0 unspecified atom stereocenters. The van der Waals surface area contributed by atoms with Crippen LogP contribution in [0.15, 0.2) is 46.9 Å². The van der Waals surface area contributed by atoms with Crippen LogP contribution >= 0.6 is 15.9 Å². The molecule has 0 atom stereocenters. The van der Waals surface area contributed by atoms with Gasteiger partial charge in [-0.15, -0.1) is 0 Å². The van der Waals surface area contributed by atoms with Crippen molar-refractivity contribution in [1.82, 2.24) is 0 Å². The second-order valence-electron chi connectivity index (χ2n) is 4.26. The molecule has 2 aromatic carbocycles. The minimum absolute atomic E-state index is 0.0787. The zero-order valence-electron chi connectivity index (χ0n) is 11.3. The van der Waals surface area contributed by atoms with E-state index in [1.807, 2.05) is 6.07 Å². The Morgan fingerprint density at radius 2 is 2.05 bits per heavy atom. The number of carbonyl (C=O) groups excluding carboxylic acids is 1. The number of halogens is 2. The molecule has 4 nitrogen and oxygen atoms in total. The lowest BCUT2D eigenvalue weighted by Crippen LogP contribution is -2.21. The average molecular weight is 353 g/mol. The Hall–Kier alpha value is -2.08. The Kier molecular flexibility index (Phi) is 5.16. The molecule has 2 N–H and O–H groups in total. The molecule has 21 heavy (non-hydrogen) atoms. The van der Waals surface area contributed by atoms with Gasteiger partial charge in [0.25, 0.3) is 0 Å². The summed E-state index contributed by atoms with van der Waals surface area (Å²) in [6.07, 6.45) is 0. The molecular weight excluding hydrogens is 339 g/mol. The normalized spacial score (nSPS) is 10.0. The first-order chi connectivity index (χ1) is 10.1. The standard InChI is InChI=1S/C15H14BrFN2O2/c1-21-14-6-5-11(8-13(14)16)18-9-15(20)19-12-4-2-3-10(17)7-12/h2-8,18H,9H2,1H3,(H,19,20). The summed E-state index contributed by atoms with van der Waals surface area (Å²) in [6.45, 7) is 0.0787. The van der Waals surface area contributed by atoms with Crippen LogP contribution in [0.1, 0.15) is 0 Å². The van der Waals surface area contributed by atoms with Crippen molar-refractivity contribution in [3.8, 4) is 5.75 Å². The fourth-order valence-electron chi connectivity index (χ4n) is 1.73. The number of methoxy groups -OCH3 is 1. The first-order valence-electron chi connectivity index (χ1n) is 6.21. The highest BCUT2D eigenvalue weighted by Crippen LogP contribution is 2.27. The number of amides is 1. The molecule has 2 aromatic rings. The van der Waals surface area contributed by atoms with E-state index in [2.05, 4.69) is 26.6 Å². The fourth-order valence-corrected chi connectivity index (χ4v) is 2.27. The van der Waals surface area contributed by atoms with Crippen LogP contribution in [0.2, 0.25) is 0 Å². The van der Waals surface area contributed by atoms with E-state index in [4.69, 9.17) is 4.74 Å². The topological polar surface area (TPSA) is 50.4 Å². The molecule has 0 saturated heterocycles. The predicted octanol–water partition coefficient (Wildman–Crippen LogP) is 3.65. The van der Waals surface area contributed by atoms with E-state index < -0.39 is 0 Å². The lowest BCUT2D eigenvalue weighted by molar-refractivity contribution is -0.114. The molecule has 0 aliphatic carbocycles. The molecule has 110 valence electrons. The smallest absolute Gasteiger partial charge is 0.243 e. The summed E-state index contributed by atoms with van der Waals surface area (Å²) >= 11 is 3.37. The molecule has 0 heterocycles. The van der Waals surface area contributed by atoms with Gasteiger partial charge in [-0.3, -0.25) is 4.79 Å². The van der Waals surface area contributed by atoms with Gasteiger partial charge in [0.2, 0.25) is 5.91 Å². The van der Waals surface area contributed by atoms with Gasteiger partial charge in [-0.25, -0.2) is 4.39 Å². The highest BCUT2D eigenvalue weighted by Gasteiger charge is 2.05. The van der Waals surface area contributed by atoms with E-state index >= 15 is 0 Å². The van der Waals surface area contributed by atoms with Gasteiger partial charge in [-0.1, -0.05) is 6.07 Å². The van der Waals surface area contributed by atoms with E-state index in [0.717, 1.165) is 10.2 Å². The van der Waals surface area contributed by atoms with Crippen molar-refractivity contribution in [2.45, 2.75) is 0 Å². The predicted molar refractivity (Wildman–Crippen MR) is 84.2 cm³/mol. The van der Waals surface area contributed by atoms with Crippen LogP contribution in [0.3, 0.4) is 0 Å². The fraction of sp³-hybridized carbons (Fsp3) is 0.133. The molecule has 2 rings (SSSR count). The maximum absolute atomic E-state index is 13.0. The quantitative estimate of drug-likeness (QED) is 0.863. The summed E-state index contributed by atoms with van der Waals surface area (Å²) in [7, 11) is 1.58. The molecule has 0 aliphatic heterocycles. The molecule has 6 heteroatoms. The van der Waals surface area contributed by atoms with Crippen molar-refractivity contribution >= 4 is 33.2 Å². The number of anilines is 2. The summed E-state index contributed by atoms with van der Waals surface area (Å²) in [5.41, 5.74) is 1.20. The van der Waals surface area contributed by atoms with Crippen LogP contribution < -0.4 is 15.4 Å². The van der Waals surface area contributed by atoms with Crippen molar-refractivity contribution in [2.24, 2.45) is 0 Å². The van der Waals surface area contributed by atoms with Gasteiger partial charge in [-0.2, -0.15) is 0 Å². The molecule has 0 aromatic heterocycles. The highest BCUT2D eigenvalue weighted by atomic mass is 79.9. The van der Waals surface area contributed by atoms with Crippen LogP contribution in [0.25, 0.3) is 0 Å². The zero-order valence-corrected chi connectivity index (χ0v) is 12.9. The third-order valence-corrected chi connectivity index (χ3v) is 3.33. The van der Waals surface area contributed by atoms with Gasteiger partial charge in [0, 0.05) is 11.4 Å². The van der Waals surface area contributed by atoms with Crippen molar-refractivity contribution in [2.75, 3.05) is 24.3 Å². The minimum atomic E-state index is -0.389. The molecule has 0 spiro atoms. The Morgan fingerprint density at radius 1 is 1.24 bits per heavy atom. The van der Waals surface area contributed by atoms with Gasteiger partial charge in [0.05, 0.1) is 18.1 Å². The minimum Gasteiger partial charge on any atom is -0.496 e. The summed E-state index contributed by atoms with van der Waals surface area (Å²) < 4.78 is 18.9. The van der Waals surface area contributed by atoms with Crippen LogP contribution in [0.5, 0.6) is 5.75 Å². The molecule has 0 saturated carbocycles. The number of benzene rings is 2. The lowest BCUT2D eigenvalue weighted by Gasteiger charge is -2.09. The SMILES string of the molecule is COc1ccc(NCC(=O)Nc2cccc(F)c2)cc1Br. The first-order valence-corrected chi connectivity index (χ1v) is 7.00. The molecule has 1 amide bonds. The van der Waals surface area contributed by atoms with Gasteiger partial charge in [0.1, 0.15) is 11.6 Å². The van der Waals surface area contributed by atoms with E-state index in [1.165, 1.54) is 12.1 Å². The second-order valence-corrected chi connectivity index (χ2v) is 5.12. The van der Waals surface area contributed by atoms with E-state index in [-0.39, 0.29) is 18.3 Å². The average Bonchev–Trinajstić information content (AvgIpc) is 2.45. The third-order valence-electron chi connectivity index (χ3n) is 2.71. The van der Waals surface area contributed by atoms with Crippen LogP contribution in [-0.2, 0) is 4.79 Å². The maximum Gasteiger partial charge on any atom is 0.243 e. The lowest BCUT2D eigenvalue weighted by atomic mass is 10.3. The van der Waals surface area contributed by atoms with Crippen LogP contribution in [0.4, 0.5) is 15.8 Å². The van der Waals surface area contributed by atoms with E-state index in [1.54, 1.807) is 31.4 Å². The monoisotopic (exact) mass is 352 g/mol. The van der Waals surface area contributed by atoms with E-state index in [9.17, 15) is 9.18 Å². The number of hydrogen-bond donors (Lipinski definition) is 2. The first kappa shape index (κ1) is 15.3. The van der Waals surface area contributed by atoms with E-state index in [0.29, 0.717) is 11.4 Å². The Balaban J connectivity index is 1.90. The van der Waals surface area contributed by atoms with Crippen LogP contribution in [0, 0.1) is 5.82 Å². The molecule has 0 fully saturated rings. The maximum atomic E-state index is 13.0. The van der Waals surface area contributed by atoms with Gasteiger partial charge >= 0.3 is 0 Å². The van der Waals surface area contributed by atoms with Crippen molar-refractivity contribution in [1.29, 1.82) is 0 Å². The summed E-state index contributed by atoms with van der Waals surface area (Å²) in [5.74, 6) is 0.0668. The second kappa shape index (κ2) is 7.08. The number of ether oxygens (including phenoxy) is 1. The number of nitrogens with one attached hydrogen (secondary N) is 2. The van der Waals surface area contributed by atoms with Crippen molar-refractivity contribution in [3.05, 3.63) is 52.8 Å². The van der Waals surface area contributed by atoms with Crippen LogP contribution in [-0.4, -0.2) is 19.6 Å². The highest BCUT2D eigenvalue weighted by molar-refractivity contribution is 9.10. The molecule has 0 aliphatic rings.